The minimum Gasteiger partial charge on any atom is -0.343 e. The van der Waals surface area contributed by atoms with Crippen LogP contribution in [-0.4, -0.2) is 18.4 Å². The lowest BCUT2D eigenvalue weighted by Gasteiger charge is -2.01. The third kappa shape index (κ3) is 1.89. The molecule has 0 saturated carbocycles. The molecule has 4 nitrogen and oxygen atoms in total. The largest absolute Gasteiger partial charge is 0.343 e. The number of fused-ring (bicyclic) bond motifs is 1. The van der Waals surface area contributed by atoms with Gasteiger partial charge in [0.2, 0.25) is 0 Å². The Morgan fingerprint density at radius 1 is 1.47 bits per heavy atom. The fraction of sp³-hybridized carbons (Fsp3) is 0.125. The summed E-state index contributed by atoms with van der Waals surface area (Å²) in [4.78, 5) is 6.89. The second kappa shape index (κ2) is 3.77. The van der Waals surface area contributed by atoms with Crippen molar-refractivity contribution < 1.29 is 8.42 Å². The molecule has 1 aromatic carbocycles. The van der Waals surface area contributed by atoms with E-state index in [0.717, 1.165) is 5.56 Å². The van der Waals surface area contributed by atoms with Crippen molar-refractivity contribution in [3.05, 3.63) is 24.0 Å². The molecular weight excluding hydrogens is 304 g/mol. The van der Waals surface area contributed by atoms with E-state index in [1.807, 2.05) is 0 Å². The highest BCUT2D eigenvalue weighted by Gasteiger charge is 2.17. The molecule has 80 valence electrons. The monoisotopic (exact) mass is 308 g/mol. The van der Waals surface area contributed by atoms with Gasteiger partial charge in [-0.05, 0) is 11.6 Å². The molecule has 0 spiro atoms. The highest BCUT2D eigenvalue weighted by Crippen LogP contribution is 2.26. The molecule has 0 unspecified atom stereocenters. The van der Waals surface area contributed by atoms with Gasteiger partial charge in [0.1, 0.15) is 4.90 Å². The number of halogens is 2. The maximum Gasteiger partial charge on any atom is 0.263 e. The van der Waals surface area contributed by atoms with Crippen molar-refractivity contribution in [1.82, 2.24) is 9.97 Å². The molecule has 0 saturated heterocycles. The Hall–Kier alpha value is -0.590. The Kier molecular flexibility index (Phi) is 2.74. The Labute approximate surface area is 99.2 Å². The van der Waals surface area contributed by atoms with Crippen LogP contribution in [0.2, 0.25) is 0 Å². The van der Waals surface area contributed by atoms with E-state index in [9.17, 15) is 8.42 Å². The molecule has 0 aliphatic carbocycles. The fourth-order valence-electron chi connectivity index (χ4n) is 1.38. The zero-order valence-corrected chi connectivity index (χ0v) is 10.5. The number of alkyl halides is 1. The van der Waals surface area contributed by atoms with Crippen molar-refractivity contribution in [3.8, 4) is 0 Å². The summed E-state index contributed by atoms with van der Waals surface area (Å²) < 4.78 is 22.5. The lowest BCUT2D eigenvalue weighted by atomic mass is 10.2. The molecule has 1 heterocycles. The van der Waals surface area contributed by atoms with Crippen LogP contribution in [0.15, 0.2) is 23.4 Å². The Morgan fingerprint density at radius 3 is 2.80 bits per heavy atom. The Morgan fingerprint density at radius 2 is 2.20 bits per heavy atom. The maximum absolute atomic E-state index is 11.3. The quantitative estimate of drug-likeness (QED) is 0.684. The van der Waals surface area contributed by atoms with E-state index in [4.69, 9.17) is 10.7 Å². The summed E-state index contributed by atoms with van der Waals surface area (Å²) in [6, 6.07) is 3.16. The highest BCUT2D eigenvalue weighted by atomic mass is 79.9. The summed E-state index contributed by atoms with van der Waals surface area (Å²) in [7, 11) is 1.56. The SMILES string of the molecule is O=S(=O)(Cl)c1ccc(CBr)c2nc[nH]c12. The summed E-state index contributed by atoms with van der Waals surface area (Å²) in [5, 5.41) is 0.608. The number of hydrogen-bond acceptors (Lipinski definition) is 3. The molecule has 0 amide bonds. The van der Waals surface area contributed by atoms with Crippen molar-refractivity contribution in [3.63, 3.8) is 0 Å². The number of imidazole rings is 1. The molecule has 2 aromatic rings. The number of H-pyrrole nitrogens is 1. The first-order valence-corrected chi connectivity index (χ1v) is 7.42. The van der Waals surface area contributed by atoms with Gasteiger partial charge in [0.15, 0.2) is 0 Å². The Bertz CT molecular complexity index is 608. The zero-order chi connectivity index (χ0) is 11.1. The van der Waals surface area contributed by atoms with Gasteiger partial charge in [0, 0.05) is 16.0 Å². The summed E-state index contributed by atoms with van der Waals surface area (Å²) in [6.07, 6.45) is 1.45. The predicted molar refractivity (Wildman–Crippen MR) is 61.8 cm³/mol. The van der Waals surface area contributed by atoms with Crippen LogP contribution in [0.3, 0.4) is 0 Å². The number of aromatic nitrogens is 2. The number of hydrogen-bond donors (Lipinski definition) is 1. The molecule has 0 fully saturated rings. The van der Waals surface area contributed by atoms with Crippen molar-refractivity contribution in [2.75, 3.05) is 0 Å². The van der Waals surface area contributed by atoms with Crippen molar-refractivity contribution >= 4 is 46.7 Å². The van der Waals surface area contributed by atoms with Crippen LogP contribution in [0.25, 0.3) is 11.0 Å². The summed E-state index contributed by atoms with van der Waals surface area (Å²) in [5.41, 5.74) is 1.98. The van der Waals surface area contributed by atoms with Crippen molar-refractivity contribution in [2.45, 2.75) is 10.2 Å². The molecule has 1 aromatic heterocycles. The summed E-state index contributed by atoms with van der Waals surface area (Å²) in [5.74, 6) is 0. The molecular formula is C8H6BrClN2O2S. The summed E-state index contributed by atoms with van der Waals surface area (Å²) in [6.45, 7) is 0. The average molecular weight is 310 g/mol. The normalized spacial score (nSPS) is 12.1. The molecule has 15 heavy (non-hydrogen) atoms. The maximum atomic E-state index is 11.3. The summed E-state index contributed by atoms with van der Waals surface area (Å²) >= 11 is 3.30. The molecule has 0 atom stereocenters. The van der Waals surface area contributed by atoms with E-state index in [2.05, 4.69) is 25.9 Å². The van der Waals surface area contributed by atoms with Gasteiger partial charge >= 0.3 is 0 Å². The zero-order valence-electron chi connectivity index (χ0n) is 7.37. The van der Waals surface area contributed by atoms with Crippen LogP contribution in [-0.2, 0) is 14.4 Å². The van der Waals surface area contributed by atoms with E-state index >= 15 is 0 Å². The molecule has 2 rings (SSSR count). The van der Waals surface area contributed by atoms with Gasteiger partial charge < -0.3 is 4.98 Å². The van der Waals surface area contributed by atoms with E-state index in [0.29, 0.717) is 16.4 Å². The first kappa shape index (κ1) is 10.9. The lowest BCUT2D eigenvalue weighted by Crippen LogP contribution is -1.94. The van der Waals surface area contributed by atoms with Gasteiger partial charge in [-0.2, -0.15) is 0 Å². The highest BCUT2D eigenvalue weighted by molar-refractivity contribution is 9.08. The first-order valence-electron chi connectivity index (χ1n) is 3.99. The van der Waals surface area contributed by atoms with Crippen LogP contribution in [0.4, 0.5) is 0 Å². The van der Waals surface area contributed by atoms with Crippen LogP contribution < -0.4 is 0 Å². The van der Waals surface area contributed by atoms with Crippen molar-refractivity contribution in [1.29, 1.82) is 0 Å². The second-order valence-electron chi connectivity index (χ2n) is 2.92. The number of nitrogens with one attached hydrogen (secondary N) is 1. The van der Waals surface area contributed by atoms with Crippen LogP contribution in [0.5, 0.6) is 0 Å². The van der Waals surface area contributed by atoms with Crippen LogP contribution in [0, 0.1) is 0 Å². The minimum absolute atomic E-state index is 0.0568. The van der Waals surface area contributed by atoms with E-state index < -0.39 is 9.05 Å². The van der Waals surface area contributed by atoms with Gasteiger partial charge in [0.05, 0.1) is 17.4 Å². The van der Waals surface area contributed by atoms with Crippen LogP contribution >= 0.6 is 26.6 Å². The smallest absolute Gasteiger partial charge is 0.263 e. The number of rotatable bonds is 2. The number of benzene rings is 1. The molecule has 0 aliphatic heterocycles. The van der Waals surface area contributed by atoms with E-state index in [1.54, 1.807) is 6.07 Å². The predicted octanol–water partition coefficient (Wildman–Crippen LogP) is 2.39. The standard InChI is InChI=1S/C8H6BrClN2O2S/c9-3-5-1-2-6(15(10,13)14)8-7(5)11-4-12-8/h1-2,4H,3H2,(H,11,12). The topological polar surface area (TPSA) is 62.8 Å². The Balaban J connectivity index is 2.86. The number of nitrogens with zero attached hydrogens (tertiary/aromatic N) is 1. The molecule has 0 bridgehead atoms. The molecule has 1 N–H and O–H groups in total. The third-order valence-electron chi connectivity index (χ3n) is 2.03. The van der Waals surface area contributed by atoms with Gasteiger partial charge in [-0.15, -0.1) is 0 Å². The van der Waals surface area contributed by atoms with E-state index in [-0.39, 0.29) is 4.90 Å². The molecule has 7 heteroatoms. The second-order valence-corrected chi connectivity index (χ2v) is 6.02. The molecule has 0 radical (unpaired) electrons. The first-order chi connectivity index (χ1) is 7.04. The fourth-order valence-corrected chi connectivity index (χ4v) is 2.84. The van der Waals surface area contributed by atoms with Crippen molar-refractivity contribution in [2.24, 2.45) is 0 Å². The third-order valence-corrected chi connectivity index (χ3v) is 4.00. The van der Waals surface area contributed by atoms with Gasteiger partial charge in [0.25, 0.3) is 9.05 Å². The van der Waals surface area contributed by atoms with Gasteiger partial charge in [-0.3, -0.25) is 0 Å². The van der Waals surface area contributed by atoms with Gasteiger partial charge in [-0.25, -0.2) is 13.4 Å². The van der Waals surface area contributed by atoms with Gasteiger partial charge in [-0.1, -0.05) is 22.0 Å². The van der Waals surface area contributed by atoms with Crippen LogP contribution in [0.1, 0.15) is 5.56 Å². The lowest BCUT2D eigenvalue weighted by molar-refractivity contribution is 0.610. The van der Waals surface area contributed by atoms with E-state index in [1.165, 1.54) is 12.4 Å². The average Bonchev–Trinajstić information content (AvgIpc) is 2.62. The number of aromatic amines is 1. The molecule has 0 aliphatic rings. The minimum atomic E-state index is -3.74.